The first-order valence-electron chi connectivity index (χ1n) is 10.3. The van der Waals surface area contributed by atoms with Gasteiger partial charge >= 0.3 is 0 Å². The lowest BCUT2D eigenvalue weighted by Gasteiger charge is -2.15. The van der Waals surface area contributed by atoms with Gasteiger partial charge in [-0.2, -0.15) is 4.98 Å². The first kappa shape index (κ1) is 20.3. The number of halogens is 1. The van der Waals surface area contributed by atoms with Gasteiger partial charge in [-0.25, -0.2) is 0 Å². The second-order valence-electron chi connectivity index (χ2n) is 7.64. The highest BCUT2D eigenvalue weighted by Gasteiger charge is 2.35. The first-order valence-corrected chi connectivity index (χ1v) is 10.7. The minimum Gasteiger partial charge on any atom is -0.489 e. The summed E-state index contributed by atoms with van der Waals surface area (Å²) in [5.74, 6) is 1.60. The monoisotopic (exact) mass is 445 g/mol. The molecule has 0 radical (unpaired) electrons. The fourth-order valence-corrected chi connectivity index (χ4v) is 3.83. The van der Waals surface area contributed by atoms with E-state index in [9.17, 15) is 4.79 Å². The lowest BCUT2D eigenvalue weighted by atomic mass is 10.1. The molecule has 0 bridgehead atoms. The molecule has 4 aromatic rings. The number of benzene rings is 3. The summed E-state index contributed by atoms with van der Waals surface area (Å²) in [7, 11) is 0. The van der Waals surface area contributed by atoms with Gasteiger partial charge in [-0.3, -0.25) is 4.79 Å². The van der Waals surface area contributed by atoms with Gasteiger partial charge in [0.15, 0.2) is 0 Å². The molecule has 3 aromatic carbocycles. The van der Waals surface area contributed by atoms with Crippen molar-refractivity contribution in [3.8, 4) is 17.1 Å². The van der Waals surface area contributed by atoms with Gasteiger partial charge < -0.3 is 14.2 Å². The number of anilines is 1. The molecule has 1 unspecified atom stereocenters. The summed E-state index contributed by atoms with van der Waals surface area (Å²) in [6, 6.07) is 24.8. The van der Waals surface area contributed by atoms with E-state index in [0.29, 0.717) is 36.3 Å². The van der Waals surface area contributed by atoms with Crippen LogP contribution in [0.25, 0.3) is 11.4 Å². The number of hydrogen-bond donors (Lipinski definition) is 0. The van der Waals surface area contributed by atoms with E-state index in [1.165, 1.54) is 0 Å². The molecule has 1 amide bonds. The Morgan fingerprint density at radius 2 is 1.75 bits per heavy atom. The molecule has 32 heavy (non-hydrogen) atoms. The lowest BCUT2D eigenvalue weighted by molar-refractivity contribution is -0.117. The molecule has 1 atom stereocenters. The Morgan fingerprint density at radius 1 is 1.00 bits per heavy atom. The number of hydrogen-bond acceptors (Lipinski definition) is 5. The maximum Gasteiger partial charge on any atom is 0.232 e. The molecule has 160 valence electrons. The number of ether oxygens (including phenoxy) is 1. The molecular weight excluding hydrogens is 426 g/mol. The van der Waals surface area contributed by atoms with Crippen molar-refractivity contribution in [3.05, 3.63) is 95.3 Å². The Labute approximate surface area is 190 Å². The average Bonchev–Trinajstić information content (AvgIpc) is 3.46. The molecule has 0 saturated carbocycles. The van der Waals surface area contributed by atoms with Crippen LogP contribution < -0.4 is 9.64 Å². The van der Waals surface area contributed by atoms with E-state index >= 15 is 0 Å². The molecule has 1 fully saturated rings. The van der Waals surface area contributed by atoms with E-state index in [2.05, 4.69) is 10.1 Å². The second-order valence-corrected chi connectivity index (χ2v) is 8.07. The second kappa shape index (κ2) is 8.85. The van der Waals surface area contributed by atoms with Crippen LogP contribution in [0.5, 0.6) is 5.75 Å². The Morgan fingerprint density at radius 3 is 2.50 bits per heavy atom. The predicted molar refractivity (Wildman–Crippen MR) is 122 cm³/mol. The van der Waals surface area contributed by atoms with E-state index in [1.807, 2.05) is 66.7 Å². The van der Waals surface area contributed by atoms with Crippen molar-refractivity contribution in [3.63, 3.8) is 0 Å². The van der Waals surface area contributed by atoms with Crippen LogP contribution in [-0.2, 0) is 11.4 Å². The van der Waals surface area contributed by atoms with Crippen LogP contribution in [0, 0.1) is 0 Å². The third kappa shape index (κ3) is 4.36. The van der Waals surface area contributed by atoms with Crippen molar-refractivity contribution >= 4 is 23.2 Å². The number of aromatic nitrogens is 2. The minimum atomic E-state index is -0.145. The maximum absolute atomic E-state index is 12.5. The largest absolute Gasteiger partial charge is 0.489 e. The first-order chi connectivity index (χ1) is 15.7. The van der Waals surface area contributed by atoms with Crippen LogP contribution in [0.1, 0.15) is 23.8 Å². The Bertz CT molecular complexity index is 1210. The SMILES string of the molecule is O=C1CC(c2nc(-c3ccc(OCc4ccccc4)cc3)no2)CN1c1ccc(Cl)cc1. The number of carbonyl (C=O) groups excluding carboxylic acids is 1. The van der Waals surface area contributed by atoms with Gasteiger partial charge in [-0.1, -0.05) is 47.1 Å². The summed E-state index contributed by atoms with van der Waals surface area (Å²) in [5.41, 5.74) is 2.75. The van der Waals surface area contributed by atoms with Gasteiger partial charge in [-0.05, 0) is 54.1 Å². The maximum atomic E-state index is 12.5. The summed E-state index contributed by atoms with van der Waals surface area (Å²) in [4.78, 5) is 18.8. The molecule has 1 saturated heterocycles. The molecule has 5 rings (SSSR count). The van der Waals surface area contributed by atoms with Crippen molar-refractivity contribution in [1.82, 2.24) is 10.1 Å². The van der Waals surface area contributed by atoms with Gasteiger partial charge in [0.05, 0.1) is 5.92 Å². The predicted octanol–water partition coefficient (Wildman–Crippen LogP) is 5.49. The van der Waals surface area contributed by atoms with Crippen molar-refractivity contribution < 1.29 is 14.1 Å². The zero-order valence-corrected chi connectivity index (χ0v) is 17.9. The molecule has 1 aliphatic heterocycles. The number of carbonyl (C=O) groups is 1. The number of rotatable bonds is 6. The summed E-state index contributed by atoms with van der Waals surface area (Å²) >= 11 is 5.95. The molecule has 1 aromatic heterocycles. The van der Waals surface area contributed by atoms with E-state index in [0.717, 1.165) is 22.6 Å². The van der Waals surface area contributed by atoms with Crippen LogP contribution in [-0.4, -0.2) is 22.6 Å². The van der Waals surface area contributed by atoms with E-state index in [4.69, 9.17) is 20.9 Å². The van der Waals surface area contributed by atoms with E-state index in [-0.39, 0.29) is 11.8 Å². The summed E-state index contributed by atoms with van der Waals surface area (Å²) in [5, 5.41) is 4.75. The van der Waals surface area contributed by atoms with Crippen LogP contribution in [0.4, 0.5) is 5.69 Å². The molecule has 0 aliphatic carbocycles. The molecule has 7 heteroatoms. The summed E-state index contributed by atoms with van der Waals surface area (Å²) in [6.45, 7) is 1.00. The zero-order chi connectivity index (χ0) is 21.9. The normalized spacial score (nSPS) is 15.8. The lowest BCUT2D eigenvalue weighted by Crippen LogP contribution is -2.24. The topological polar surface area (TPSA) is 68.5 Å². The van der Waals surface area contributed by atoms with Crippen LogP contribution in [0.3, 0.4) is 0 Å². The highest BCUT2D eigenvalue weighted by molar-refractivity contribution is 6.30. The summed E-state index contributed by atoms with van der Waals surface area (Å²) in [6.07, 6.45) is 0.330. The third-order valence-electron chi connectivity index (χ3n) is 5.42. The molecular formula is C25H20ClN3O3. The van der Waals surface area contributed by atoms with Crippen molar-refractivity contribution in [1.29, 1.82) is 0 Å². The minimum absolute atomic E-state index is 0.0250. The van der Waals surface area contributed by atoms with E-state index < -0.39 is 0 Å². The van der Waals surface area contributed by atoms with Gasteiger partial charge in [0.25, 0.3) is 0 Å². The smallest absolute Gasteiger partial charge is 0.232 e. The number of nitrogens with zero attached hydrogens (tertiary/aromatic N) is 3. The summed E-state index contributed by atoms with van der Waals surface area (Å²) < 4.78 is 11.3. The standard InChI is InChI=1S/C25H20ClN3O3/c26-20-8-10-21(11-9-20)29-15-19(14-23(29)30)25-27-24(28-32-25)18-6-12-22(13-7-18)31-16-17-4-2-1-3-5-17/h1-13,19H,14-16H2. The molecule has 1 aliphatic rings. The third-order valence-corrected chi connectivity index (χ3v) is 5.67. The van der Waals surface area contributed by atoms with Crippen molar-refractivity contribution in [2.45, 2.75) is 18.9 Å². The fraction of sp³-hybridized carbons (Fsp3) is 0.160. The quantitative estimate of drug-likeness (QED) is 0.392. The van der Waals surface area contributed by atoms with Crippen molar-refractivity contribution in [2.75, 3.05) is 11.4 Å². The highest BCUT2D eigenvalue weighted by atomic mass is 35.5. The fourth-order valence-electron chi connectivity index (χ4n) is 3.70. The Kier molecular flexibility index (Phi) is 5.60. The Hall–Kier alpha value is -3.64. The van der Waals surface area contributed by atoms with Gasteiger partial charge in [0.2, 0.25) is 17.6 Å². The van der Waals surface area contributed by atoms with Gasteiger partial charge in [0.1, 0.15) is 12.4 Å². The number of amides is 1. The Balaban J connectivity index is 1.24. The molecule has 0 N–H and O–H groups in total. The van der Waals surface area contributed by atoms with E-state index in [1.54, 1.807) is 17.0 Å². The molecule has 2 heterocycles. The zero-order valence-electron chi connectivity index (χ0n) is 17.1. The van der Waals surface area contributed by atoms with Crippen molar-refractivity contribution in [2.24, 2.45) is 0 Å². The van der Waals surface area contributed by atoms with Gasteiger partial charge in [-0.15, -0.1) is 0 Å². The van der Waals surface area contributed by atoms with Crippen LogP contribution >= 0.6 is 11.6 Å². The average molecular weight is 446 g/mol. The van der Waals surface area contributed by atoms with Gasteiger partial charge in [0, 0.05) is 29.2 Å². The van der Waals surface area contributed by atoms with Crippen LogP contribution in [0.15, 0.2) is 83.4 Å². The van der Waals surface area contributed by atoms with Crippen LogP contribution in [0.2, 0.25) is 5.02 Å². The molecule has 6 nitrogen and oxygen atoms in total. The molecule has 0 spiro atoms. The highest BCUT2D eigenvalue weighted by Crippen LogP contribution is 2.32.